The first-order valence-corrected chi connectivity index (χ1v) is 10.1. The van der Waals surface area contributed by atoms with Crippen molar-refractivity contribution >= 4 is 17.3 Å². The first-order valence-electron chi connectivity index (χ1n) is 10.1. The highest BCUT2D eigenvalue weighted by atomic mass is 16.5. The number of ether oxygens (including phenoxy) is 1. The van der Waals surface area contributed by atoms with Crippen LogP contribution in [0.15, 0.2) is 35.6 Å². The highest BCUT2D eigenvalue weighted by molar-refractivity contribution is 6.09. The van der Waals surface area contributed by atoms with Gasteiger partial charge in [-0.2, -0.15) is 0 Å². The minimum Gasteiger partial charge on any atom is -0.512 e. The Balaban J connectivity index is 2.14. The van der Waals surface area contributed by atoms with E-state index in [2.05, 4.69) is 0 Å². The van der Waals surface area contributed by atoms with Crippen molar-refractivity contribution in [3.8, 4) is 5.75 Å². The molecule has 0 amide bonds. The van der Waals surface area contributed by atoms with E-state index in [1.165, 1.54) is 0 Å². The average molecular weight is 398 g/mol. The summed E-state index contributed by atoms with van der Waals surface area (Å²) in [7, 11) is 1.56. The van der Waals surface area contributed by atoms with Crippen molar-refractivity contribution in [2.24, 2.45) is 16.7 Å². The van der Waals surface area contributed by atoms with E-state index in [0.29, 0.717) is 17.7 Å². The third-order valence-corrected chi connectivity index (χ3v) is 6.02. The largest absolute Gasteiger partial charge is 0.512 e. The molecule has 0 bridgehead atoms. The van der Waals surface area contributed by atoms with Gasteiger partial charge in [0, 0.05) is 37.2 Å². The number of Topliss-reactive ketones (excluding diaryl/α,β-unsaturated/α-hetero) is 3. The van der Waals surface area contributed by atoms with Crippen LogP contribution < -0.4 is 4.74 Å². The lowest BCUT2D eigenvalue weighted by Gasteiger charge is -2.39. The van der Waals surface area contributed by atoms with E-state index in [9.17, 15) is 19.5 Å². The summed E-state index contributed by atoms with van der Waals surface area (Å²) in [5.41, 5.74) is 0.162. The van der Waals surface area contributed by atoms with Crippen molar-refractivity contribution in [2.75, 3.05) is 7.11 Å². The minimum atomic E-state index is -0.946. The van der Waals surface area contributed by atoms with Crippen molar-refractivity contribution in [1.82, 2.24) is 0 Å². The Hall–Kier alpha value is -2.43. The third-order valence-electron chi connectivity index (χ3n) is 6.02. The zero-order chi connectivity index (χ0) is 21.6. The molecule has 2 aliphatic rings. The number of aliphatic hydroxyl groups excluding tert-OH is 1. The van der Waals surface area contributed by atoms with Crippen LogP contribution in [0.2, 0.25) is 0 Å². The van der Waals surface area contributed by atoms with E-state index in [0.717, 1.165) is 0 Å². The van der Waals surface area contributed by atoms with Crippen molar-refractivity contribution in [2.45, 2.75) is 59.3 Å². The summed E-state index contributed by atoms with van der Waals surface area (Å²) >= 11 is 0. The molecule has 1 aromatic rings. The Morgan fingerprint density at radius 2 is 1.41 bits per heavy atom. The standard InChI is InChI=1S/C24H30O5/c1-23(2)10-16(25)21(17(26)11-23)20(14-6-8-15(29-5)9-7-14)22-18(27)12-24(3,4)13-19(22)28/h6-9,20-21,27H,10-13H2,1-5H3/t20-/m1/s1. The van der Waals surface area contributed by atoms with Gasteiger partial charge in [-0.3, -0.25) is 14.4 Å². The Kier molecular flexibility index (Phi) is 5.46. The monoisotopic (exact) mass is 398 g/mol. The Morgan fingerprint density at radius 1 is 0.897 bits per heavy atom. The molecule has 156 valence electrons. The number of hydrogen-bond donors (Lipinski definition) is 1. The third kappa shape index (κ3) is 4.29. The van der Waals surface area contributed by atoms with Gasteiger partial charge in [-0.1, -0.05) is 39.8 Å². The lowest BCUT2D eigenvalue weighted by molar-refractivity contribution is -0.140. The lowest BCUT2D eigenvalue weighted by Crippen LogP contribution is -2.43. The maximum atomic E-state index is 13.1. The minimum absolute atomic E-state index is 0.00231. The summed E-state index contributed by atoms with van der Waals surface area (Å²) in [5, 5.41) is 10.8. The molecule has 3 rings (SSSR count). The van der Waals surface area contributed by atoms with Crippen LogP contribution in [0.4, 0.5) is 0 Å². The first-order chi connectivity index (χ1) is 13.4. The molecule has 1 fully saturated rings. The van der Waals surface area contributed by atoms with Crippen molar-refractivity contribution in [3.63, 3.8) is 0 Å². The van der Waals surface area contributed by atoms with E-state index >= 15 is 0 Å². The van der Waals surface area contributed by atoms with Gasteiger partial charge in [0.1, 0.15) is 23.1 Å². The number of carbonyl (C=O) groups is 3. The van der Waals surface area contributed by atoms with Crippen LogP contribution >= 0.6 is 0 Å². The van der Waals surface area contributed by atoms with Gasteiger partial charge in [0.25, 0.3) is 0 Å². The number of allylic oxidation sites excluding steroid dienone is 2. The van der Waals surface area contributed by atoms with E-state index < -0.39 is 11.8 Å². The molecular weight excluding hydrogens is 368 g/mol. The van der Waals surface area contributed by atoms with Crippen LogP contribution in [0.5, 0.6) is 5.75 Å². The molecule has 0 heterocycles. The highest BCUT2D eigenvalue weighted by Crippen LogP contribution is 2.47. The van der Waals surface area contributed by atoms with Gasteiger partial charge < -0.3 is 9.84 Å². The molecule has 0 aromatic heterocycles. The molecule has 1 atom stereocenters. The molecule has 0 saturated heterocycles. The summed E-state index contributed by atoms with van der Waals surface area (Å²) in [6, 6.07) is 7.05. The zero-order valence-electron chi connectivity index (χ0n) is 17.9. The number of aliphatic hydroxyl groups is 1. The fourth-order valence-electron chi connectivity index (χ4n) is 4.77. The second-order valence-corrected chi connectivity index (χ2v) is 9.98. The van der Waals surface area contributed by atoms with Crippen LogP contribution in [0.3, 0.4) is 0 Å². The number of methoxy groups -OCH3 is 1. The Labute approximate surface area is 172 Å². The van der Waals surface area contributed by atoms with E-state index in [-0.39, 0.29) is 58.8 Å². The molecule has 0 unspecified atom stereocenters. The van der Waals surface area contributed by atoms with Gasteiger partial charge in [0.15, 0.2) is 5.78 Å². The van der Waals surface area contributed by atoms with Gasteiger partial charge in [-0.15, -0.1) is 0 Å². The second kappa shape index (κ2) is 7.43. The lowest BCUT2D eigenvalue weighted by atomic mass is 9.62. The molecule has 29 heavy (non-hydrogen) atoms. The van der Waals surface area contributed by atoms with Crippen LogP contribution in [0.25, 0.3) is 0 Å². The van der Waals surface area contributed by atoms with E-state index in [1.807, 2.05) is 27.7 Å². The van der Waals surface area contributed by atoms with Crippen LogP contribution in [-0.2, 0) is 14.4 Å². The SMILES string of the molecule is COc1ccc([C@@H](C2=C(O)CC(C)(C)CC2=O)C2C(=O)CC(C)(C)CC2=O)cc1. The van der Waals surface area contributed by atoms with Crippen LogP contribution in [-0.4, -0.2) is 29.6 Å². The topological polar surface area (TPSA) is 80.7 Å². The molecule has 0 spiro atoms. The number of hydrogen-bond acceptors (Lipinski definition) is 5. The molecule has 5 nitrogen and oxygen atoms in total. The van der Waals surface area contributed by atoms with Crippen LogP contribution in [0, 0.1) is 16.7 Å². The Bertz CT molecular complexity index is 853. The number of benzene rings is 1. The van der Waals surface area contributed by atoms with Crippen molar-refractivity contribution in [3.05, 3.63) is 41.2 Å². The molecule has 2 aliphatic carbocycles. The molecule has 1 saturated carbocycles. The zero-order valence-corrected chi connectivity index (χ0v) is 17.9. The molecule has 0 radical (unpaired) electrons. The summed E-state index contributed by atoms with van der Waals surface area (Å²) in [6.07, 6.45) is 1.19. The maximum Gasteiger partial charge on any atom is 0.163 e. The predicted molar refractivity (Wildman–Crippen MR) is 110 cm³/mol. The fourth-order valence-corrected chi connectivity index (χ4v) is 4.77. The van der Waals surface area contributed by atoms with Crippen molar-refractivity contribution in [1.29, 1.82) is 0 Å². The van der Waals surface area contributed by atoms with E-state index in [1.54, 1.807) is 31.4 Å². The number of ketones is 3. The number of carbonyl (C=O) groups excluding carboxylic acids is 3. The highest BCUT2D eigenvalue weighted by Gasteiger charge is 2.48. The quantitative estimate of drug-likeness (QED) is 0.752. The van der Waals surface area contributed by atoms with Gasteiger partial charge in [-0.25, -0.2) is 0 Å². The Morgan fingerprint density at radius 3 is 1.90 bits per heavy atom. The van der Waals surface area contributed by atoms with Crippen LogP contribution in [0.1, 0.15) is 64.9 Å². The fraction of sp³-hybridized carbons (Fsp3) is 0.542. The van der Waals surface area contributed by atoms with Gasteiger partial charge in [0.05, 0.1) is 13.0 Å². The summed E-state index contributed by atoms with van der Waals surface area (Å²) in [4.78, 5) is 39.2. The molecule has 1 N–H and O–H groups in total. The smallest absolute Gasteiger partial charge is 0.163 e. The molecular formula is C24H30O5. The predicted octanol–water partition coefficient (Wildman–Crippen LogP) is 4.55. The molecule has 1 aromatic carbocycles. The van der Waals surface area contributed by atoms with Gasteiger partial charge in [-0.05, 0) is 28.5 Å². The van der Waals surface area contributed by atoms with Gasteiger partial charge in [0.2, 0.25) is 0 Å². The maximum absolute atomic E-state index is 13.1. The van der Waals surface area contributed by atoms with Crippen molar-refractivity contribution < 1.29 is 24.2 Å². The molecule has 0 aliphatic heterocycles. The normalized spacial score (nSPS) is 23.3. The van der Waals surface area contributed by atoms with E-state index in [4.69, 9.17) is 4.74 Å². The van der Waals surface area contributed by atoms with Gasteiger partial charge >= 0.3 is 0 Å². The summed E-state index contributed by atoms with van der Waals surface area (Å²) in [6.45, 7) is 7.68. The summed E-state index contributed by atoms with van der Waals surface area (Å²) in [5.74, 6) is -1.58. The summed E-state index contributed by atoms with van der Waals surface area (Å²) < 4.78 is 5.22. The number of rotatable bonds is 4. The first kappa shape index (κ1) is 21.3. The molecule has 5 heteroatoms. The average Bonchev–Trinajstić information content (AvgIpc) is 2.57. The second-order valence-electron chi connectivity index (χ2n) is 9.98.